The Bertz CT molecular complexity index is 756. The molecule has 0 spiro atoms. The number of amides is 1. The van der Waals surface area contributed by atoms with Crippen LogP contribution in [0.25, 0.3) is 0 Å². The zero-order valence-corrected chi connectivity index (χ0v) is 12.6. The summed E-state index contributed by atoms with van der Waals surface area (Å²) in [5.41, 5.74) is 3.67. The Morgan fingerprint density at radius 3 is 2.55 bits per heavy atom. The van der Waals surface area contributed by atoms with Gasteiger partial charge in [-0.1, -0.05) is 35.3 Å². The first-order chi connectivity index (χ1) is 10.6. The minimum Gasteiger partial charge on any atom is -0.272 e. The first-order valence-electron chi connectivity index (χ1n) is 6.30. The normalized spacial score (nSPS) is 17.6. The number of nitrogens with zero attached hydrogens (tertiary/aromatic N) is 4. The Hall–Kier alpha value is -2.31. The molecule has 0 radical (unpaired) electrons. The molecule has 22 heavy (non-hydrogen) atoms. The van der Waals surface area contributed by atoms with Crippen LogP contribution in [0.4, 0.5) is 0 Å². The van der Waals surface area contributed by atoms with Crippen LogP contribution in [0, 0.1) is 0 Å². The molecule has 1 atom stereocenters. The van der Waals surface area contributed by atoms with E-state index in [9.17, 15) is 4.79 Å². The summed E-state index contributed by atoms with van der Waals surface area (Å²) in [4.78, 5) is 16.2. The second-order valence-electron chi connectivity index (χ2n) is 4.47. The maximum absolute atomic E-state index is 11.9. The van der Waals surface area contributed by atoms with Crippen LogP contribution in [-0.4, -0.2) is 28.2 Å². The number of hydrazone groups is 1. The quantitative estimate of drug-likeness (QED) is 0.857. The van der Waals surface area contributed by atoms with Crippen molar-refractivity contribution in [2.45, 2.75) is 5.92 Å². The number of amidine groups is 1. The molecule has 0 saturated heterocycles. The molecule has 1 aliphatic rings. The summed E-state index contributed by atoms with van der Waals surface area (Å²) in [5.74, 6) is -0.690. The van der Waals surface area contributed by atoms with Gasteiger partial charge in [-0.3, -0.25) is 4.79 Å². The van der Waals surface area contributed by atoms with E-state index < -0.39 is 5.92 Å². The second kappa shape index (κ2) is 6.21. The number of hydrogen-bond acceptors (Lipinski definition) is 5. The van der Waals surface area contributed by atoms with Gasteiger partial charge in [0.25, 0.3) is 5.91 Å². The molecular formula is C14H9Cl2N5O. The Morgan fingerprint density at radius 1 is 1.09 bits per heavy atom. The third kappa shape index (κ3) is 3.13. The molecule has 110 valence electrons. The van der Waals surface area contributed by atoms with E-state index in [0.29, 0.717) is 16.6 Å². The van der Waals surface area contributed by atoms with Crippen molar-refractivity contribution < 1.29 is 4.79 Å². The van der Waals surface area contributed by atoms with Gasteiger partial charge in [0.15, 0.2) is 11.0 Å². The van der Waals surface area contributed by atoms with Gasteiger partial charge in [0.2, 0.25) is 0 Å². The first-order valence-corrected chi connectivity index (χ1v) is 7.05. The maximum atomic E-state index is 11.9. The fraction of sp³-hybridized carbons (Fsp3) is 0.0714. The molecule has 6 nitrogen and oxygen atoms in total. The average molecular weight is 334 g/mol. The SMILES string of the molecule is O=C1NN=C(N=Cc2ccc(Cl)cc2)C1c1ccc(Cl)nn1. The molecule has 0 bridgehead atoms. The average Bonchev–Trinajstić information content (AvgIpc) is 2.89. The summed E-state index contributed by atoms with van der Waals surface area (Å²) in [7, 11) is 0. The van der Waals surface area contributed by atoms with Gasteiger partial charge in [0.1, 0.15) is 5.92 Å². The number of carbonyl (C=O) groups excluding carboxylic acids is 1. The fourth-order valence-electron chi connectivity index (χ4n) is 1.90. The van der Waals surface area contributed by atoms with Gasteiger partial charge >= 0.3 is 0 Å². The molecule has 0 saturated carbocycles. The van der Waals surface area contributed by atoms with E-state index in [1.54, 1.807) is 30.5 Å². The first kappa shape index (κ1) is 14.6. The molecule has 8 heteroatoms. The van der Waals surface area contributed by atoms with Gasteiger partial charge in [-0.15, -0.1) is 5.10 Å². The number of halogens is 2. The van der Waals surface area contributed by atoms with Crippen LogP contribution >= 0.6 is 23.2 Å². The maximum Gasteiger partial charge on any atom is 0.257 e. The zero-order valence-electron chi connectivity index (χ0n) is 11.1. The summed E-state index contributed by atoms with van der Waals surface area (Å²) in [6, 6.07) is 10.3. The number of aromatic nitrogens is 2. The number of benzene rings is 1. The molecule has 2 aromatic rings. The smallest absolute Gasteiger partial charge is 0.257 e. The fourth-order valence-corrected chi connectivity index (χ4v) is 2.13. The van der Waals surface area contributed by atoms with Gasteiger partial charge in [-0.25, -0.2) is 10.4 Å². The third-order valence-corrected chi connectivity index (χ3v) is 3.42. The van der Waals surface area contributed by atoms with Crippen molar-refractivity contribution in [2.75, 3.05) is 0 Å². The molecule has 1 aliphatic heterocycles. The topological polar surface area (TPSA) is 79.6 Å². The third-order valence-electron chi connectivity index (χ3n) is 2.97. The zero-order chi connectivity index (χ0) is 15.5. The molecule has 2 heterocycles. The Labute approximate surface area is 135 Å². The summed E-state index contributed by atoms with van der Waals surface area (Å²) in [5, 5.41) is 12.5. The second-order valence-corrected chi connectivity index (χ2v) is 5.29. The lowest BCUT2D eigenvalue weighted by atomic mass is 10.0. The largest absolute Gasteiger partial charge is 0.272 e. The van der Waals surface area contributed by atoms with Crippen LogP contribution in [0.2, 0.25) is 10.2 Å². The molecule has 1 unspecified atom stereocenters. The van der Waals surface area contributed by atoms with Crippen LogP contribution in [0.15, 0.2) is 46.5 Å². The van der Waals surface area contributed by atoms with E-state index in [1.165, 1.54) is 0 Å². The van der Waals surface area contributed by atoms with Crippen molar-refractivity contribution in [2.24, 2.45) is 10.1 Å². The molecule has 3 rings (SSSR count). The number of nitrogens with one attached hydrogen (secondary N) is 1. The molecule has 0 fully saturated rings. The highest BCUT2D eigenvalue weighted by atomic mass is 35.5. The highest BCUT2D eigenvalue weighted by Crippen LogP contribution is 2.21. The lowest BCUT2D eigenvalue weighted by Crippen LogP contribution is -2.22. The number of hydrogen-bond donors (Lipinski definition) is 1. The van der Waals surface area contributed by atoms with E-state index in [2.05, 4.69) is 25.7 Å². The minimum atomic E-state index is -0.701. The standard InChI is InChI=1S/C14H9Cl2N5O/c15-9-3-1-8(2-4-9)7-17-13-12(14(22)21-20-13)10-5-6-11(16)19-18-10/h1-7,12H,(H,21,22). The van der Waals surface area contributed by atoms with Gasteiger partial charge in [-0.05, 0) is 29.8 Å². The lowest BCUT2D eigenvalue weighted by molar-refractivity contribution is -0.120. The number of aliphatic imine (C=N–C) groups is 1. The number of carbonyl (C=O) groups is 1. The highest BCUT2D eigenvalue weighted by Gasteiger charge is 2.33. The Morgan fingerprint density at radius 2 is 1.86 bits per heavy atom. The van der Waals surface area contributed by atoms with Crippen molar-refractivity contribution in [1.29, 1.82) is 0 Å². The molecule has 1 aromatic heterocycles. The summed E-state index contributed by atoms with van der Waals surface area (Å²) >= 11 is 11.5. The lowest BCUT2D eigenvalue weighted by Gasteiger charge is -2.05. The van der Waals surface area contributed by atoms with E-state index in [0.717, 1.165) is 5.56 Å². The minimum absolute atomic E-state index is 0.255. The highest BCUT2D eigenvalue weighted by molar-refractivity contribution is 6.30. The van der Waals surface area contributed by atoms with Crippen molar-refractivity contribution in [3.8, 4) is 0 Å². The molecular weight excluding hydrogens is 325 g/mol. The predicted molar refractivity (Wildman–Crippen MR) is 84.4 cm³/mol. The summed E-state index contributed by atoms with van der Waals surface area (Å²) in [6.45, 7) is 0. The number of rotatable bonds is 2. The predicted octanol–water partition coefficient (Wildman–Crippen LogP) is 2.43. The van der Waals surface area contributed by atoms with Crippen LogP contribution in [0.5, 0.6) is 0 Å². The van der Waals surface area contributed by atoms with Gasteiger partial charge < -0.3 is 0 Å². The Kier molecular flexibility index (Phi) is 4.13. The van der Waals surface area contributed by atoms with Crippen LogP contribution < -0.4 is 5.43 Å². The van der Waals surface area contributed by atoms with E-state index in [4.69, 9.17) is 23.2 Å². The monoisotopic (exact) mass is 333 g/mol. The van der Waals surface area contributed by atoms with Crippen molar-refractivity contribution in [3.63, 3.8) is 0 Å². The van der Waals surface area contributed by atoms with Crippen molar-refractivity contribution in [1.82, 2.24) is 15.6 Å². The van der Waals surface area contributed by atoms with Gasteiger partial charge in [0, 0.05) is 11.2 Å². The van der Waals surface area contributed by atoms with Gasteiger partial charge in [-0.2, -0.15) is 10.2 Å². The van der Waals surface area contributed by atoms with Crippen molar-refractivity contribution in [3.05, 3.63) is 57.8 Å². The molecule has 1 N–H and O–H groups in total. The summed E-state index contributed by atoms with van der Waals surface area (Å²) < 4.78 is 0. The van der Waals surface area contributed by atoms with E-state index >= 15 is 0 Å². The van der Waals surface area contributed by atoms with Crippen LogP contribution in [-0.2, 0) is 4.79 Å². The molecule has 0 aliphatic carbocycles. The van der Waals surface area contributed by atoms with Crippen LogP contribution in [0.1, 0.15) is 17.2 Å². The molecule has 1 amide bonds. The van der Waals surface area contributed by atoms with E-state index in [1.807, 2.05) is 12.1 Å². The Balaban J connectivity index is 1.84. The summed E-state index contributed by atoms with van der Waals surface area (Å²) in [6.07, 6.45) is 1.60. The van der Waals surface area contributed by atoms with Crippen LogP contribution in [0.3, 0.4) is 0 Å². The molecule has 1 aromatic carbocycles. The van der Waals surface area contributed by atoms with E-state index in [-0.39, 0.29) is 11.1 Å². The van der Waals surface area contributed by atoms with Gasteiger partial charge in [0.05, 0.1) is 5.69 Å². The van der Waals surface area contributed by atoms with Crippen molar-refractivity contribution >= 4 is 41.2 Å².